The third-order valence-electron chi connectivity index (χ3n) is 4.30. The fourth-order valence-electron chi connectivity index (χ4n) is 2.89. The van der Waals surface area contributed by atoms with Gasteiger partial charge in [-0.05, 0) is 31.4 Å². The van der Waals surface area contributed by atoms with Crippen molar-refractivity contribution in [3.05, 3.63) is 41.4 Å². The lowest BCUT2D eigenvalue weighted by Gasteiger charge is -2.33. The Balaban J connectivity index is 1.62. The number of aromatic nitrogens is 2. The van der Waals surface area contributed by atoms with Crippen molar-refractivity contribution in [3.8, 4) is 0 Å². The average molecular weight is 368 g/mol. The second-order valence-electron chi connectivity index (χ2n) is 6.20. The highest BCUT2D eigenvalue weighted by atomic mass is 19.4. The summed E-state index contributed by atoms with van der Waals surface area (Å²) in [6.45, 7) is 3.06. The van der Waals surface area contributed by atoms with Crippen molar-refractivity contribution >= 4 is 11.7 Å². The van der Waals surface area contributed by atoms with Crippen molar-refractivity contribution in [1.29, 1.82) is 0 Å². The summed E-state index contributed by atoms with van der Waals surface area (Å²) in [4.78, 5) is 18.0. The first kappa shape index (κ1) is 18.2. The van der Waals surface area contributed by atoms with Crippen molar-refractivity contribution in [2.45, 2.75) is 38.4 Å². The van der Waals surface area contributed by atoms with E-state index >= 15 is 0 Å². The van der Waals surface area contributed by atoms with Gasteiger partial charge >= 0.3 is 6.18 Å². The highest BCUT2D eigenvalue weighted by Crippen LogP contribution is 2.29. The number of halogens is 3. The number of nitrogens with zero attached hydrogens (tertiary/aromatic N) is 3. The van der Waals surface area contributed by atoms with Gasteiger partial charge in [-0.25, -0.2) is 4.98 Å². The van der Waals surface area contributed by atoms with Gasteiger partial charge < -0.3 is 14.7 Å². The van der Waals surface area contributed by atoms with Gasteiger partial charge in [0.2, 0.25) is 5.76 Å². The Morgan fingerprint density at radius 3 is 2.85 bits per heavy atom. The van der Waals surface area contributed by atoms with Crippen LogP contribution in [0.3, 0.4) is 0 Å². The van der Waals surface area contributed by atoms with Crippen LogP contribution in [0, 0.1) is 0 Å². The molecule has 1 atom stereocenters. The topological polar surface area (TPSA) is 71.3 Å². The van der Waals surface area contributed by atoms with E-state index in [1.54, 1.807) is 6.07 Å². The van der Waals surface area contributed by atoms with Crippen molar-refractivity contribution in [2.24, 2.45) is 0 Å². The lowest BCUT2D eigenvalue weighted by Crippen LogP contribution is -2.48. The molecule has 0 aliphatic carbocycles. The van der Waals surface area contributed by atoms with Crippen LogP contribution in [-0.2, 0) is 12.6 Å². The zero-order valence-corrected chi connectivity index (χ0v) is 14.2. The van der Waals surface area contributed by atoms with Crippen LogP contribution in [0.5, 0.6) is 0 Å². The Morgan fingerprint density at radius 2 is 2.23 bits per heavy atom. The highest BCUT2D eigenvalue weighted by Gasteiger charge is 2.31. The number of piperidine rings is 1. The lowest BCUT2D eigenvalue weighted by molar-refractivity contribution is -0.137. The Kier molecular flexibility index (Phi) is 5.15. The first-order valence-electron chi connectivity index (χ1n) is 8.41. The summed E-state index contributed by atoms with van der Waals surface area (Å²) in [6, 6.07) is 3.84. The number of carbonyl (C=O) groups is 1. The zero-order valence-electron chi connectivity index (χ0n) is 14.2. The average Bonchev–Trinajstić information content (AvgIpc) is 3.11. The molecule has 1 amide bonds. The van der Waals surface area contributed by atoms with E-state index < -0.39 is 11.7 Å². The van der Waals surface area contributed by atoms with Crippen molar-refractivity contribution in [1.82, 2.24) is 15.5 Å². The van der Waals surface area contributed by atoms with Crippen LogP contribution >= 0.6 is 0 Å². The molecule has 2 aromatic heterocycles. The molecule has 0 radical (unpaired) electrons. The molecule has 6 nitrogen and oxygen atoms in total. The molecular formula is C17H19F3N4O2. The Hall–Kier alpha value is -2.58. The second-order valence-corrected chi connectivity index (χ2v) is 6.20. The number of hydrogen-bond acceptors (Lipinski definition) is 5. The molecule has 2 aromatic rings. The van der Waals surface area contributed by atoms with E-state index in [0.29, 0.717) is 31.0 Å². The van der Waals surface area contributed by atoms with Gasteiger partial charge in [0.05, 0.1) is 11.3 Å². The van der Waals surface area contributed by atoms with E-state index in [1.807, 2.05) is 11.8 Å². The molecule has 1 saturated heterocycles. The maximum absolute atomic E-state index is 12.6. The first-order valence-corrected chi connectivity index (χ1v) is 8.41. The third kappa shape index (κ3) is 4.14. The molecule has 0 aromatic carbocycles. The molecule has 140 valence electrons. The Bertz CT molecular complexity index is 758. The van der Waals surface area contributed by atoms with Crippen LogP contribution < -0.4 is 10.2 Å². The third-order valence-corrected chi connectivity index (χ3v) is 4.30. The number of amides is 1. The first-order chi connectivity index (χ1) is 12.4. The number of hydrogen-bond donors (Lipinski definition) is 1. The summed E-state index contributed by atoms with van der Waals surface area (Å²) in [7, 11) is 0. The predicted molar refractivity (Wildman–Crippen MR) is 87.8 cm³/mol. The maximum atomic E-state index is 12.6. The number of pyridine rings is 1. The quantitative estimate of drug-likeness (QED) is 0.898. The van der Waals surface area contributed by atoms with Crippen LogP contribution in [-0.4, -0.2) is 35.2 Å². The predicted octanol–water partition coefficient (Wildman–Crippen LogP) is 3.05. The van der Waals surface area contributed by atoms with Crippen LogP contribution in [0.2, 0.25) is 0 Å². The van der Waals surface area contributed by atoms with Gasteiger partial charge in [0.15, 0.2) is 0 Å². The number of carbonyl (C=O) groups excluding carboxylic acids is 1. The van der Waals surface area contributed by atoms with E-state index in [4.69, 9.17) is 4.52 Å². The minimum absolute atomic E-state index is 0.143. The number of aryl methyl sites for hydroxylation is 1. The van der Waals surface area contributed by atoms with Crippen molar-refractivity contribution in [3.63, 3.8) is 0 Å². The molecule has 26 heavy (non-hydrogen) atoms. The normalized spacial score (nSPS) is 18.0. The van der Waals surface area contributed by atoms with E-state index in [2.05, 4.69) is 15.5 Å². The van der Waals surface area contributed by atoms with Gasteiger partial charge in [-0.15, -0.1) is 0 Å². The lowest BCUT2D eigenvalue weighted by atomic mass is 10.1. The Morgan fingerprint density at radius 1 is 1.42 bits per heavy atom. The molecule has 3 rings (SSSR count). The summed E-state index contributed by atoms with van der Waals surface area (Å²) >= 11 is 0. The molecule has 1 fully saturated rings. The molecule has 0 saturated carbocycles. The van der Waals surface area contributed by atoms with Crippen LogP contribution in [0.15, 0.2) is 28.9 Å². The zero-order chi connectivity index (χ0) is 18.7. The molecule has 9 heteroatoms. The van der Waals surface area contributed by atoms with Crippen LogP contribution in [0.4, 0.5) is 19.0 Å². The van der Waals surface area contributed by atoms with E-state index in [1.165, 1.54) is 6.07 Å². The standard InChI is InChI=1S/C17H19F3N4O2/c1-2-12-8-14(26-23-12)16(25)22-13-4-3-7-24(10-13)15-6-5-11(9-21-15)17(18,19)20/h5-6,8-9,13H,2-4,7,10H2,1H3,(H,22,25)/t13-/m0/s1. The van der Waals surface area contributed by atoms with Crippen molar-refractivity contribution < 1.29 is 22.5 Å². The fraction of sp³-hybridized carbons (Fsp3) is 0.471. The van der Waals surface area contributed by atoms with E-state index in [-0.39, 0.29) is 17.7 Å². The van der Waals surface area contributed by atoms with Gasteiger partial charge in [0, 0.05) is 31.4 Å². The summed E-state index contributed by atoms with van der Waals surface area (Å²) in [5, 5.41) is 6.68. The highest BCUT2D eigenvalue weighted by molar-refractivity contribution is 5.91. The minimum Gasteiger partial charge on any atom is -0.355 e. The number of nitrogens with one attached hydrogen (secondary N) is 1. The van der Waals surface area contributed by atoms with Crippen LogP contribution in [0.25, 0.3) is 0 Å². The van der Waals surface area contributed by atoms with Gasteiger partial charge in [0.1, 0.15) is 5.82 Å². The van der Waals surface area contributed by atoms with Gasteiger partial charge in [-0.3, -0.25) is 4.79 Å². The molecule has 0 bridgehead atoms. The van der Waals surface area contributed by atoms with Gasteiger partial charge in [0.25, 0.3) is 5.91 Å². The van der Waals surface area contributed by atoms with Crippen LogP contribution in [0.1, 0.15) is 41.6 Å². The number of alkyl halides is 3. The summed E-state index contributed by atoms with van der Waals surface area (Å²) in [5.74, 6) is 0.279. The molecule has 3 heterocycles. The minimum atomic E-state index is -4.40. The van der Waals surface area contributed by atoms with Crippen molar-refractivity contribution in [2.75, 3.05) is 18.0 Å². The smallest absolute Gasteiger partial charge is 0.355 e. The Labute approximate surface area is 148 Å². The molecular weight excluding hydrogens is 349 g/mol. The summed E-state index contributed by atoms with van der Waals surface area (Å²) in [6.07, 6.45) is -1.33. The van der Waals surface area contributed by atoms with Gasteiger partial charge in [-0.2, -0.15) is 13.2 Å². The summed E-state index contributed by atoms with van der Waals surface area (Å²) < 4.78 is 42.9. The molecule has 1 N–H and O–H groups in total. The second kappa shape index (κ2) is 7.35. The molecule has 1 aliphatic rings. The molecule has 0 unspecified atom stereocenters. The maximum Gasteiger partial charge on any atom is 0.417 e. The monoisotopic (exact) mass is 368 g/mol. The number of anilines is 1. The number of rotatable bonds is 4. The SMILES string of the molecule is CCc1cc(C(=O)N[C@H]2CCCN(c3ccc(C(F)(F)F)cn3)C2)on1. The largest absolute Gasteiger partial charge is 0.417 e. The van der Waals surface area contributed by atoms with E-state index in [9.17, 15) is 18.0 Å². The fourth-order valence-corrected chi connectivity index (χ4v) is 2.89. The molecule has 1 aliphatic heterocycles. The summed E-state index contributed by atoms with van der Waals surface area (Å²) in [5.41, 5.74) is -0.0745. The molecule has 0 spiro atoms. The van der Waals surface area contributed by atoms with E-state index in [0.717, 1.165) is 25.1 Å². The van der Waals surface area contributed by atoms with Gasteiger partial charge in [-0.1, -0.05) is 12.1 Å².